The summed E-state index contributed by atoms with van der Waals surface area (Å²) in [5.74, 6) is -2.45. The van der Waals surface area contributed by atoms with Crippen LogP contribution in [0.1, 0.15) is 13.3 Å². The molecule has 1 fully saturated rings. The molecule has 0 radical (unpaired) electrons. The Balaban J connectivity index is 0.000000640. The molecule has 0 spiro atoms. The lowest BCUT2D eigenvalue weighted by atomic mass is 10.2. The van der Waals surface area contributed by atoms with Gasteiger partial charge in [-0.3, -0.25) is 0 Å². The van der Waals surface area contributed by atoms with E-state index in [1.54, 1.807) is 6.92 Å². The molecular weight excluding hydrogens is 148 g/mol. The van der Waals surface area contributed by atoms with E-state index in [9.17, 15) is 8.78 Å². The minimum Gasteiger partial charge on any atom is -0.308 e. The number of alkyl halides is 2. The van der Waals surface area contributed by atoms with Gasteiger partial charge in [0.1, 0.15) is 0 Å². The Labute approximate surface area is 59.2 Å². The quantitative estimate of drug-likeness (QED) is 0.561. The minimum atomic E-state index is -2.45. The van der Waals surface area contributed by atoms with E-state index in [0.717, 1.165) is 0 Å². The Morgan fingerprint density at radius 1 is 1.56 bits per heavy atom. The van der Waals surface area contributed by atoms with Crippen LogP contribution in [0, 0.1) is 0 Å². The molecule has 0 aromatic carbocycles. The summed E-state index contributed by atoms with van der Waals surface area (Å²) in [6, 6.07) is -0.00926. The molecule has 1 heterocycles. The van der Waals surface area contributed by atoms with E-state index < -0.39 is 5.92 Å². The highest BCUT2D eigenvalue weighted by atomic mass is 35.5. The van der Waals surface area contributed by atoms with Crippen molar-refractivity contribution in [3.63, 3.8) is 0 Å². The Morgan fingerprint density at radius 2 is 2.11 bits per heavy atom. The van der Waals surface area contributed by atoms with Gasteiger partial charge < -0.3 is 5.32 Å². The molecule has 1 N–H and O–H groups in total. The lowest BCUT2D eigenvalue weighted by Crippen LogP contribution is -2.20. The monoisotopic (exact) mass is 157 g/mol. The van der Waals surface area contributed by atoms with Gasteiger partial charge in [0.15, 0.2) is 0 Å². The van der Waals surface area contributed by atoms with Crippen LogP contribution < -0.4 is 5.32 Å². The van der Waals surface area contributed by atoms with Crippen LogP contribution in [0.5, 0.6) is 0 Å². The summed E-state index contributed by atoms with van der Waals surface area (Å²) >= 11 is 0. The second-order valence-electron chi connectivity index (χ2n) is 2.34. The van der Waals surface area contributed by atoms with Crippen LogP contribution in [0.4, 0.5) is 8.78 Å². The molecule has 0 amide bonds. The van der Waals surface area contributed by atoms with Crippen molar-refractivity contribution in [2.75, 3.05) is 6.54 Å². The van der Waals surface area contributed by atoms with E-state index >= 15 is 0 Å². The highest BCUT2D eigenvalue weighted by molar-refractivity contribution is 5.85. The summed E-state index contributed by atoms with van der Waals surface area (Å²) < 4.78 is 24.3. The zero-order valence-corrected chi connectivity index (χ0v) is 5.97. The van der Waals surface area contributed by atoms with Gasteiger partial charge in [0.25, 0.3) is 5.92 Å². The van der Waals surface area contributed by atoms with Crippen LogP contribution in [0.15, 0.2) is 0 Å². The molecule has 0 unspecified atom stereocenters. The molecule has 0 bridgehead atoms. The lowest BCUT2D eigenvalue weighted by molar-refractivity contribution is 0.0216. The van der Waals surface area contributed by atoms with E-state index in [4.69, 9.17) is 0 Å². The van der Waals surface area contributed by atoms with E-state index in [1.807, 2.05) is 0 Å². The van der Waals surface area contributed by atoms with Crippen LogP contribution in [0.3, 0.4) is 0 Å². The molecule has 0 aromatic heterocycles. The van der Waals surface area contributed by atoms with E-state index in [0.29, 0.717) is 0 Å². The van der Waals surface area contributed by atoms with Crippen molar-refractivity contribution in [1.82, 2.24) is 5.32 Å². The zero-order valence-electron chi connectivity index (χ0n) is 5.16. The SMILES string of the molecule is C[C@H]1CC(F)(F)CN1.Cl. The third-order valence-corrected chi connectivity index (χ3v) is 1.31. The second kappa shape index (κ2) is 2.80. The highest BCUT2D eigenvalue weighted by Crippen LogP contribution is 2.24. The predicted molar refractivity (Wildman–Crippen MR) is 34.3 cm³/mol. The van der Waals surface area contributed by atoms with Crippen molar-refractivity contribution < 1.29 is 8.78 Å². The summed E-state index contributed by atoms with van der Waals surface area (Å²) in [5, 5.41) is 2.66. The molecule has 0 aromatic rings. The third kappa shape index (κ3) is 2.45. The number of halogens is 3. The maximum atomic E-state index is 12.1. The minimum absolute atomic E-state index is 0. The average Bonchev–Trinajstić information content (AvgIpc) is 1.82. The van der Waals surface area contributed by atoms with E-state index in [2.05, 4.69) is 5.32 Å². The normalized spacial score (nSPS) is 31.7. The summed E-state index contributed by atoms with van der Waals surface area (Å²) in [6.45, 7) is 1.62. The number of rotatable bonds is 0. The van der Waals surface area contributed by atoms with Crippen LogP contribution in [0.2, 0.25) is 0 Å². The van der Waals surface area contributed by atoms with Crippen molar-refractivity contribution in [3.8, 4) is 0 Å². The number of hydrogen-bond acceptors (Lipinski definition) is 1. The molecule has 9 heavy (non-hydrogen) atoms. The molecule has 4 heteroatoms. The van der Waals surface area contributed by atoms with Crippen molar-refractivity contribution in [2.45, 2.75) is 25.3 Å². The first-order valence-corrected chi connectivity index (χ1v) is 2.71. The maximum Gasteiger partial charge on any atom is 0.261 e. The van der Waals surface area contributed by atoms with Gasteiger partial charge in [0.2, 0.25) is 0 Å². The fourth-order valence-corrected chi connectivity index (χ4v) is 0.916. The molecule has 1 nitrogen and oxygen atoms in total. The fourth-order valence-electron chi connectivity index (χ4n) is 0.916. The van der Waals surface area contributed by atoms with Crippen LogP contribution in [-0.2, 0) is 0 Å². The average molecular weight is 158 g/mol. The van der Waals surface area contributed by atoms with Gasteiger partial charge in [-0.2, -0.15) is 0 Å². The molecular formula is C5H10ClF2N. The Bertz CT molecular complexity index is 97.0. The fraction of sp³-hybridized carbons (Fsp3) is 1.00. The Kier molecular flexibility index (Phi) is 2.83. The number of hydrogen-bond donors (Lipinski definition) is 1. The van der Waals surface area contributed by atoms with Gasteiger partial charge in [-0.1, -0.05) is 0 Å². The molecule has 1 atom stereocenters. The first kappa shape index (κ1) is 9.11. The summed E-state index contributed by atoms with van der Waals surface area (Å²) in [5.41, 5.74) is 0. The molecule has 1 rings (SSSR count). The van der Waals surface area contributed by atoms with Gasteiger partial charge >= 0.3 is 0 Å². The molecule has 56 valence electrons. The predicted octanol–water partition coefficient (Wildman–Crippen LogP) is 1.43. The Hall–Kier alpha value is 0.110. The summed E-state index contributed by atoms with van der Waals surface area (Å²) in [7, 11) is 0. The first-order chi connectivity index (χ1) is 3.60. The van der Waals surface area contributed by atoms with Crippen molar-refractivity contribution in [1.29, 1.82) is 0 Å². The van der Waals surface area contributed by atoms with Crippen LogP contribution >= 0.6 is 12.4 Å². The van der Waals surface area contributed by atoms with Gasteiger partial charge in [0, 0.05) is 12.5 Å². The molecule has 0 saturated carbocycles. The van der Waals surface area contributed by atoms with E-state index in [-0.39, 0.29) is 31.4 Å². The van der Waals surface area contributed by atoms with Crippen molar-refractivity contribution in [2.24, 2.45) is 0 Å². The first-order valence-electron chi connectivity index (χ1n) is 2.71. The smallest absolute Gasteiger partial charge is 0.261 e. The van der Waals surface area contributed by atoms with Crippen molar-refractivity contribution >= 4 is 12.4 Å². The van der Waals surface area contributed by atoms with Crippen LogP contribution in [0.25, 0.3) is 0 Å². The van der Waals surface area contributed by atoms with Gasteiger partial charge in [-0.15, -0.1) is 12.4 Å². The van der Waals surface area contributed by atoms with Gasteiger partial charge in [-0.25, -0.2) is 8.78 Å². The van der Waals surface area contributed by atoms with Gasteiger partial charge in [0.05, 0.1) is 6.54 Å². The molecule has 1 aliphatic rings. The van der Waals surface area contributed by atoms with Crippen molar-refractivity contribution in [3.05, 3.63) is 0 Å². The topological polar surface area (TPSA) is 12.0 Å². The standard InChI is InChI=1S/C5H9F2N.ClH/c1-4-2-5(6,7)3-8-4;/h4,8H,2-3H2,1H3;1H/t4-;/m0./s1. The van der Waals surface area contributed by atoms with E-state index in [1.165, 1.54) is 0 Å². The molecule has 1 saturated heterocycles. The largest absolute Gasteiger partial charge is 0.308 e. The van der Waals surface area contributed by atoms with Gasteiger partial charge in [-0.05, 0) is 6.92 Å². The maximum absolute atomic E-state index is 12.1. The molecule has 1 aliphatic heterocycles. The second-order valence-corrected chi connectivity index (χ2v) is 2.34. The lowest BCUT2D eigenvalue weighted by Gasteiger charge is -2.03. The highest BCUT2D eigenvalue weighted by Gasteiger charge is 2.36. The Morgan fingerprint density at radius 3 is 2.22 bits per heavy atom. The molecule has 0 aliphatic carbocycles. The summed E-state index contributed by atoms with van der Waals surface area (Å²) in [6.07, 6.45) is -0.00694. The third-order valence-electron chi connectivity index (χ3n) is 1.31. The zero-order chi connectivity index (χ0) is 6.20. The number of nitrogens with one attached hydrogen (secondary N) is 1. The van der Waals surface area contributed by atoms with Crippen LogP contribution in [-0.4, -0.2) is 18.5 Å². The summed E-state index contributed by atoms with van der Waals surface area (Å²) in [4.78, 5) is 0.